The second kappa shape index (κ2) is 3.49. The second-order valence-corrected chi connectivity index (χ2v) is 3.17. The largest absolute Gasteiger partial charge is 0.493 e. The predicted octanol–water partition coefficient (Wildman–Crippen LogP) is 2.08. The van der Waals surface area contributed by atoms with E-state index in [1.165, 1.54) is 11.1 Å². The van der Waals surface area contributed by atoms with Crippen molar-refractivity contribution in [3.8, 4) is 5.75 Å². The van der Waals surface area contributed by atoms with E-state index < -0.39 is 0 Å². The Morgan fingerprint density at radius 2 is 2.38 bits per heavy atom. The van der Waals surface area contributed by atoms with Gasteiger partial charge in [-0.25, -0.2) is 6.57 Å². The van der Waals surface area contributed by atoms with Crippen molar-refractivity contribution >= 4 is 0 Å². The van der Waals surface area contributed by atoms with Crippen molar-refractivity contribution in [2.75, 3.05) is 13.2 Å². The Morgan fingerprint density at radius 3 is 3.23 bits per heavy atom. The lowest BCUT2D eigenvalue weighted by atomic mass is 10.1. The predicted molar refractivity (Wildman–Crippen MR) is 50.8 cm³/mol. The molecular weight excluding hydrogens is 162 g/mol. The van der Waals surface area contributed by atoms with Crippen LogP contribution in [0.3, 0.4) is 0 Å². The Bertz CT molecular complexity index is 352. The lowest BCUT2D eigenvalue weighted by Gasteiger charge is -2.00. The highest BCUT2D eigenvalue weighted by Gasteiger charge is 2.11. The Morgan fingerprint density at radius 1 is 1.46 bits per heavy atom. The maximum atomic E-state index is 6.71. The number of ether oxygens (including phenoxy) is 1. The van der Waals surface area contributed by atoms with E-state index in [-0.39, 0.29) is 0 Å². The molecule has 0 fully saturated rings. The molecular formula is C11H11NO. The van der Waals surface area contributed by atoms with Crippen LogP contribution in [0.25, 0.3) is 4.85 Å². The maximum absolute atomic E-state index is 6.71. The van der Waals surface area contributed by atoms with Gasteiger partial charge in [0, 0.05) is 12.8 Å². The first-order chi connectivity index (χ1) is 6.40. The Labute approximate surface area is 78.0 Å². The standard InChI is InChI=1S/C11H11NO/c1-12-6-4-9-2-3-11-10(8-9)5-7-13-11/h2-3,8H,4-7H2. The van der Waals surface area contributed by atoms with E-state index in [1.54, 1.807) is 0 Å². The summed E-state index contributed by atoms with van der Waals surface area (Å²) in [6, 6.07) is 6.23. The molecule has 2 heteroatoms. The van der Waals surface area contributed by atoms with Gasteiger partial charge in [0.15, 0.2) is 0 Å². The molecule has 1 aliphatic heterocycles. The Balaban J connectivity index is 2.17. The average Bonchev–Trinajstić information content (AvgIpc) is 2.61. The van der Waals surface area contributed by atoms with Gasteiger partial charge in [-0.05, 0) is 17.2 Å². The van der Waals surface area contributed by atoms with Crippen LogP contribution in [0.4, 0.5) is 0 Å². The first-order valence-corrected chi connectivity index (χ1v) is 4.48. The van der Waals surface area contributed by atoms with Crippen LogP contribution in [0.1, 0.15) is 11.1 Å². The molecule has 2 nitrogen and oxygen atoms in total. The summed E-state index contributed by atoms with van der Waals surface area (Å²) in [5.41, 5.74) is 2.54. The zero-order valence-corrected chi connectivity index (χ0v) is 7.42. The van der Waals surface area contributed by atoms with Gasteiger partial charge < -0.3 is 9.58 Å². The molecule has 2 rings (SSSR count). The number of benzene rings is 1. The van der Waals surface area contributed by atoms with Crippen LogP contribution in [0.15, 0.2) is 18.2 Å². The number of rotatable bonds is 2. The molecule has 0 atom stereocenters. The SMILES string of the molecule is [C-]#[N+]CCc1ccc2c(c1)CCO2. The van der Waals surface area contributed by atoms with Crippen LogP contribution in [0, 0.1) is 6.57 Å². The zero-order valence-electron chi connectivity index (χ0n) is 7.42. The van der Waals surface area contributed by atoms with Crippen LogP contribution < -0.4 is 4.74 Å². The van der Waals surface area contributed by atoms with Crippen molar-refractivity contribution in [2.24, 2.45) is 0 Å². The molecule has 1 heterocycles. The topological polar surface area (TPSA) is 13.6 Å². The van der Waals surface area contributed by atoms with Gasteiger partial charge in [0.2, 0.25) is 6.54 Å². The quantitative estimate of drug-likeness (QED) is 0.624. The van der Waals surface area contributed by atoms with Crippen LogP contribution >= 0.6 is 0 Å². The summed E-state index contributed by atoms with van der Waals surface area (Å²) < 4.78 is 5.40. The van der Waals surface area contributed by atoms with E-state index in [0.717, 1.165) is 25.2 Å². The molecule has 13 heavy (non-hydrogen) atoms. The van der Waals surface area contributed by atoms with E-state index >= 15 is 0 Å². The molecule has 0 spiro atoms. The lowest BCUT2D eigenvalue weighted by molar-refractivity contribution is 0.357. The molecule has 1 aromatic carbocycles. The zero-order chi connectivity index (χ0) is 9.10. The third-order valence-corrected chi connectivity index (χ3v) is 2.27. The summed E-state index contributed by atoms with van der Waals surface area (Å²) in [4.78, 5) is 3.34. The fraction of sp³-hybridized carbons (Fsp3) is 0.364. The van der Waals surface area contributed by atoms with Gasteiger partial charge >= 0.3 is 0 Å². The monoisotopic (exact) mass is 173 g/mol. The van der Waals surface area contributed by atoms with Crippen LogP contribution in [0.2, 0.25) is 0 Å². The number of fused-ring (bicyclic) bond motifs is 1. The van der Waals surface area contributed by atoms with Gasteiger partial charge in [-0.3, -0.25) is 0 Å². The number of hydrogen-bond donors (Lipinski definition) is 0. The first kappa shape index (κ1) is 8.12. The molecule has 1 aliphatic rings. The molecule has 0 bridgehead atoms. The average molecular weight is 173 g/mol. The van der Waals surface area contributed by atoms with Gasteiger partial charge in [0.25, 0.3) is 0 Å². The van der Waals surface area contributed by atoms with Gasteiger partial charge in [-0.15, -0.1) is 0 Å². The summed E-state index contributed by atoms with van der Waals surface area (Å²) in [6.07, 6.45) is 1.87. The highest BCUT2D eigenvalue weighted by molar-refractivity contribution is 5.39. The Kier molecular flexibility index (Phi) is 2.18. The normalized spacial score (nSPS) is 13.2. The van der Waals surface area contributed by atoms with Crippen molar-refractivity contribution in [1.29, 1.82) is 0 Å². The Hall–Kier alpha value is -1.49. The number of nitrogens with zero attached hydrogens (tertiary/aromatic N) is 1. The number of hydrogen-bond acceptors (Lipinski definition) is 1. The highest BCUT2D eigenvalue weighted by atomic mass is 16.5. The van der Waals surface area contributed by atoms with E-state index in [9.17, 15) is 0 Å². The summed E-state index contributed by atoms with van der Waals surface area (Å²) in [5, 5.41) is 0. The van der Waals surface area contributed by atoms with Gasteiger partial charge in [0.1, 0.15) is 5.75 Å². The lowest BCUT2D eigenvalue weighted by Crippen LogP contribution is -1.88. The molecule has 0 saturated heterocycles. The van der Waals surface area contributed by atoms with Crippen molar-refractivity contribution in [2.45, 2.75) is 12.8 Å². The second-order valence-electron chi connectivity index (χ2n) is 3.17. The maximum Gasteiger partial charge on any atom is 0.218 e. The van der Waals surface area contributed by atoms with Crippen molar-refractivity contribution < 1.29 is 4.74 Å². The molecule has 1 aromatic rings. The smallest absolute Gasteiger partial charge is 0.218 e. The van der Waals surface area contributed by atoms with E-state index in [4.69, 9.17) is 11.3 Å². The van der Waals surface area contributed by atoms with Crippen LogP contribution in [0.5, 0.6) is 5.75 Å². The van der Waals surface area contributed by atoms with Crippen LogP contribution in [-0.4, -0.2) is 13.2 Å². The third-order valence-electron chi connectivity index (χ3n) is 2.27. The van der Waals surface area contributed by atoms with E-state index in [0.29, 0.717) is 6.54 Å². The van der Waals surface area contributed by atoms with Gasteiger partial charge in [0.05, 0.1) is 6.61 Å². The fourth-order valence-electron chi connectivity index (χ4n) is 1.58. The summed E-state index contributed by atoms with van der Waals surface area (Å²) in [7, 11) is 0. The van der Waals surface area contributed by atoms with E-state index in [1.807, 2.05) is 6.07 Å². The summed E-state index contributed by atoms with van der Waals surface area (Å²) >= 11 is 0. The molecule has 0 amide bonds. The minimum atomic E-state index is 0.583. The summed E-state index contributed by atoms with van der Waals surface area (Å²) in [5.74, 6) is 1.02. The minimum absolute atomic E-state index is 0.583. The van der Waals surface area contributed by atoms with Gasteiger partial charge in [-0.1, -0.05) is 12.1 Å². The van der Waals surface area contributed by atoms with Crippen molar-refractivity contribution in [3.63, 3.8) is 0 Å². The third kappa shape index (κ3) is 1.65. The highest BCUT2D eigenvalue weighted by Crippen LogP contribution is 2.25. The van der Waals surface area contributed by atoms with Crippen LogP contribution in [-0.2, 0) is 12.8 Å². The minimum Gasteiger partial charge on any atom is -0.493 e. The van der Waals surface area contributed by atoms with Crippen molar-refractivity contribution in [1.82, 2.24) is 0 Å². The summed E-state index contributed by atoms with van der Waals surface area (Å²) in [6.45, 7) is 8.10. The molecule has 66 valence electrons. The first-order valence-electron chi connectivity index (χ1n) is 4.48. The molecule has 0 radical (unpaired) electrons. The molecule has 0 aromatic heterocycles. The van der Waals surface area contributed by atoms with Gasteiger partial charge in [-0.2, -0.15) is 0 Å². The molecule has 0 N–H and O–H groups in total. The molecule has 0 aliphatic carbocycles. The molecule has 0 unspecified atom stereocenters. The fourth-order valence-corrected chi connectivity index (χ4v) is 1.58. The molecule has 0 saturated carbocycles. The van der Waals surface area contributed by atoms with Crippen molar-refractivity contribution in [3.05, 3.63) is 40.7 Å². The van der Waals surface area contributed by atoms with E-state index in [2.05, 4.69) is 17.0 Å².